The Morgan fingerprint density at radius 2 is 1.93 bits per heavy atom. The van der Waals surface area contributed by atoms with Crippen LogP contribution in [-0.4, -0.2) is 47.3 Å². The fourth-order valence-electron chi connectivity index (χ4n) is 3.46. The number of aromatic amines is 1. The molecule has 0 saturated carbocycles. The van der Waals surface area contributed by atoms with Crippen LogP contribution in [0.3, 0.4) is 0 Å². The Morgan fingerprint density at radius 1 is 1.15 bits per heavy atom. The minimum atomic E-state index is 0.0197. The lowest BCUT2D eigenvalue weighted by Crippen LogP contribution is -2.37. The highest BCUT2D eigenvalue weighted by molar-refractivity contribution is 7.71. The lowest BCUT2D eigenvalue weighted by molar-refractivity contribution is 0.0369. The minimum Gasteiger partial charge on any atom is -0.379 e. The van der Waals surface area contributed by atoms with Gasteiger partial charge in [-0.05, 0) is 30.3 Å². The van der Waals surface area contributed by atoms with Crippen molar-refractivity contribution < 1.29 is 4.74 Å². The minimum absolute atomic E-state index is 0.0197. The summed E-state index contributed by atoms with van der Waals surface area (Å²) in [5.74, 6) is 0. The van der Waals surface area contributed by atoms with E-state index in [9.17, 15) is 4.79 Å². The highest BCUT2D eigenvalue weighted by atomic mass is 32.1. The van der Waals surface area contributed by atoms with E-state index in [1.165, 1.54) is 10.4 Å². The first-order chi connectivity index (χ1) is 13.2. The maximum absolute atomic E-state index is 12.9. The summed E-state index contributed by atoms with van der Waals surface area (Å²) in [4.78, 5) is 20.6. The van der Waals surface area contributed by atoms with Gasteiger partial charge in [0.1, 0.15) is 4.83 Å². The predicted octanol–water partition coefficient (Wildman–Crippen LogP) is 3.43. The molecule has 0 unspecified atom stereocenters. The van der Waals surface area contributed by atoms with Gasteiger partial charge in [-0.25, -0.2) is 0 Å². The van der Waals surface area contributed by atoms with Gasteiger partial charge in [0.15, 0.2) is 4.77 Å². The molecule has 1 saturated heterocycles. The second-order valence-electron chi connectivity index (χ2n) is 6.81. The monoisotopic (exact) mass is 401 g/mol. The van der Waals surface area contributed by atoms with Crippen LogP contribution < -0.4 is 5.56 Å². The van der Waals surface area contributed by atoms with E-state index in [0.717, 1.165) is 55.9 Å². The van der Waals surface area contributed by atoms with Gasteiger partial charge in [-0.1, -0.05) is 30.3 Å². The summed E-state index contributed by atoms with van der Waals surface area (Å²) in [7, 11) is 0. The van der Waals surface area contributed by atoms with Gasteiger partial charge < -0.3 is 9.72 Å². The van der Waals surface area contributed by atoms with Crippen LogP contribution in [0.4, 0.5) is 0 Å². The van der Waals surface area contributed by atoms with E-state index in [1.807, 2.05) is 24.3 Å². The van der Waals surface area contributed by atoms with Crippen LogP contribution in [0.25, 0.3) is 10.2 Å². The van der Waals surface area contributed by atoms with Gasteiger partial charge in [-0.2, -0.15) is 0 Å². The van der Waals surface area contributed by atoms with Gasteiger partial charge in [0.25, 0.3) is 5.56 Å². The van der Waals surface area contributed by atoms with Crippen LogP contribution in [0.15, 0.2) is 41.2 Å². The van der Waals surface area contributed by atoms with Gasteiger partial charge >= 0.3 is 0 Å². The number of aromatic nitrogens is 2. The van der Waals surface area contributed by atoms with E-state index in [1.54, 1.807) is 15.9 Å². The molecule has 1 N–H and O–H groups in total. The highest BCUT2D eigenvalue weighted by Gasteiger charge is 2.12. The number of rotatable bonds is 6. The smallest absolute Gasteiger partial charge is 0.263 e. The van der Waals surface area contributed by atoms with E-state index >= 15 is 0 Å². The molecule has 0 atom stereocenters. The zero-order valence-electron chi connectivity index (χ0n) is 15.1. The molecule has 3 aromatic rings. The number of hydrogen-bond donors (Lipinski definition) is 1. The molecular formula is C20H23N3O2S2. The van der Waals surface area contributed by atoms with Gasteiger partial charge in [-0.15, -0.1) is 11.3 Å². The summed E-state index contributed by atoms with van der Waals surface area (Å²) >= 11 is 7.07. The molecule has 0 amide bonds. The molecule has 1 aliphatic heterocycles. The van der Waals surface area contributed by atoms with Crippen molar-refractivity contribution in [3.8, 4) is 0 Å². The average molecular weight is 402 g/mol. The van der Waals surface area contributed by atoms with E-state index < -0.39 is 0 Å². The zero-order chi connectivity index (χ0) is 18.6. The number of nitrogens with zero attached hydrogens (tertiary/aromatic N) is 2. The second kappa shape index (κ2) is 8.48. The Balaban J connectivity index is 1.51. The number of benzene rings is 1. The summed E-state index contributed by atoms with van der Waals surface area (Å²) in [6, 6.07) is 12.3. The average Bonchev–Trinajstić information content (AvgIpc) is 3.08. The molecule has 27 heavy (non-hydrogen) atoms. The molecule has 1 fully saturated rings. The lowest BCUT2D eigenvalue weighted by Gasteiger charge is -2.26. The molecule has 4 rings (SSSR count). The van der Waals surface area contributed by atoms with E-state index in [-0.39, 0.29) is 5.56 Å². The van der Waals surface area contributed by atoms with E-state index in [2.05, 4.69) is 22.0 Å². The summed E-state index contributed by atoms with van der Waals surface area (Å²) in [5.41, 5.74) is 1.26. The maximum Gasteiger partial charge on any atom is 0.263 e. The quantitative estimate of drug-likeness (QED) is 0.643. The Kier molecular flexibility index (Phi) is 5.83. The normalized spacial score (nSPS) is 15.4. The molecule has 5 nitrogen and oxygen atoms in total. The van der Waals surface area contributed by atoms with Crippen molar-refractivity contribution in [2.75, 3.05) is 32.8 Å². The van der Waals surface area contributed by atoms with Crippen LogP contribution in [0, 0.1) is 4.77 Å². The van der Waals surface area contributed by atoms with Crippen molar-refractivity contribution >= 4 is 33.8 Å². The molecule has 0 spiro atoms. The summed E-state index contributed by atoms with van der Waals surface area (Å²) in [5, 5.41) is 0.742. The lowest BCUT2D eigenvalue weighted by atomic mass is 10.1. The fraction of sp³-hybridized carbons (Fsp3) is 0.400. The molecule has 3 heterocycles. The van der Waals surface area contributed by atoms with Crippen LogP contribution >= 0.6 is 23.6 Å². The molecule has 0 radical (unpaired) electrons. The first-order valence-corrected chi connectivity index (χ1v) is 10.5. The van der Waals surface area contributed by atoms with E-state index in [0.29, 0.717) is 11.3 Å². The first kappa shape index (κ1) is 18.6. The Bertz CT molecular complexity index is 1020. The molecule has 0 aliphatic carbocycles. The van der Waals surface area contributed by atoms with Crippen molar-refractivity contribution in [1.29, 1.82) is 0 Å². The molecule has 7 heteroatoms. The van der Waals surface area contributed by atoms with Gasteiger partial charge in [-0.3, -0.25) is 14.3 Å². The number of fused-ring (bicyclic) bond motifs is 1. The van der Waals surface area contributed by atoms with Crippen LogP contribution in [0.1, 0.15) is 16.9 Å². The molecule has 1 aliphatic rings. The third-order valence-electron chi connectivity index (χ3n) is 4.91. The van der Waals surface area contributed by atoms with Crippen molar-refractivity contribution in [2.24, 2.45) is 0 Å². The van der Waals surface area contributed by atoms with Crippen LogP contribution in [0.2, 0.25) is 0 Å². The molecule has 0 bridgehead atoms. The van der Waals surface area contributed by atoms with Crippen molar-refractivity contribution in [3.05, 3.63) is 62.0 Å². The first-order valence-electron chi connectivity index (χ1n) is 9.30. The standard InChI is InChI=1S/C20H23N3O2S2/c24-19-17-14-16(13-15-5-2-1-3-6-15)27-18(17)21-20(26)23(19)8-4-7-22-9-11-25-12-10-22/h1-3,5-6,14H,4,7-13H2,(H,21,26). The van der Waals surface area contributed by atoms with Crippen molar-refractivity contribution in [1.82, 2.24) is 14.5 Å². The number of hydrogen-bond acceptors (Lipinski definition) is 5. The third-order valence-corrected chi connectivity index (χ3v) is 6.28. The highest BCUT2D eigenvalue weighted by Crippen LogP contribution is 2.23. The van der Waals surface area contributed by atoms with Gasteiger partial charge in [0.2, 0.25) is 0 Å². The molecular weight excluding hydrogens is 378 g/mol. The number of nitrogens with one attached hydrogen (secondary N) is 1. The van der Waals surface area contributed by atoms with Crippen molar-refractivity contribution in [3.63, 3.8) is 0 Å². The predicted molar refractivity (Wildman–Crippen MR) is 112 cm³/mol. The second-order valence-corrected chi connectivity index (χ2v) is 8.34. The summed E-state index contributed by atoms with van der Waals surface area (Å²) < 4.78 is 7.60. The van der Waals surface area contributed by atoms with Gasteiger partial charge in [0, 0.05) is 37.5 Å². The SMILES string of the molecule is O=c1c2cc(Cc3ccccc3)sc2[nH]c(=S)n1CCCN1CCOCC1. The summed E-state index contributed by atoms with van der Waals surface area (Å²) in [6.07, 6.45) is 1.74. The largest absolute Gasteiger partial charge is 0.379 e. The van der Waals surface area contributed by atoms with Crippen LogP contribution in [-0.2, 0) is 17.7 Å². The number of H-pyrrole nitrogens is 1. The molecule has 1 aromatic carbocycles. The van der Waals surface area contributed by atoms with Crippen molar-refractivity contribution in [2.45, 2.75) is 19.4 Å². The summed E-state index contributed by atoms with van der Waals surface area (Å²) in [6.45, 7) is 5.13. The molecule has 142 valence electrons. The Labute approximate surface area is 167 Å². The Morgan fingerprint density at radius 3 is 2.70 bits per heavy atom. The van der Waals surface area contributed by atoms with Crippen LogP contribution in [0.5, 0.6) is 0 Å². The topological polar surface area (TPSA) is 50.3 Å². The van der Waals surface area contributed by atoms with Gasteiger partial charge in [0.05, 0.1) is 18.6 Å². The number of thiophene rings is 1. The van der Waals surface area contributed by atoms with E-state index in [4.69, 9.17) is 17.0 Å². The number of ether oxygens (including phenoxy) is 1. The fourth-order valence-corrected chi connectivity index (χ4v) is 4.88. The zero-order valence-corrected chi connectivity index (χ0v) is 16.8. The number of morpholine rings is 1. The third kappa shape index (κ3) is 4.38. The maximum atomic E-state index is 12.9. The Hall–Kier alpha value is -1.80. The molecule has 2 aromatic heterocycles.